The van der Waals surface area contributed by atoms with Gasteiger partial charge < -0.3 is 10.1 Å². The van der Waals surface area contributed by atoms with Gasteiger partial charge in [0.25, 0.3) is 0 Å². The van der Waals surface area contributed by atoms with Crippen molar-refractivity contribution in [1.82, 2.24) is 5.32 Å². The van der Waals surface area contributed by atoms with Gasteiger partial charge in [0, 0.05) is 12.3 Å². The lowest BCUT2D eigenvalue weighted by Gasteiger charge is -2.51. The summed E-state index contributed by atoms with van der Waals surface area (Å²) >= 11 is 0. The minimum atomic E-state index is 0.332. The Hall–Kier alpha value is -0.410. The van der Waals surface area contributed by atoms with Crippen molar-refractivity contribution in [2.75, 3.05) is 13.1 Å². The maximum Gasteiger partial charge on any atom is 0.137 e. The molecule has 0 spiro atoms. The van der Waals surface area contributed by atoms with Crippen molar-refractivity contribution in [3.8, 4) is 0 Å². The molecule has 0 aromatic carbocycles. The fourth-order valence-corrected chi connectivity index (χ4v) is 7.33. The van der Waals surface area contributed by atoms with Gasteiger partial charge in [-0.1, -0.05) is 25.7 Å². The van der Waals surface area contributed by atoms with Gasteiger partial charge in [0.05, 0.1) is 12.2 Å². The normalized spacial score (nSPS) is 49.3. The fourth-order valence-electron chi connectivity index (χ4n) is 7.33. The number of ether oxygens (including phenoxy) is 1. The summed E-state index contributed by atoms with van der Waals surface area (Å²) in [6.07, 6.45) is 14.5. The first kappa shape index (κ1) is 16.7. The highest BCUT2D eigenvalue weighted by Gasteiger charge is 2.50. The number of carbonyl (C=O) groups is 1. The number of hydrogen-bond donors (Lipinski definition) is 1. The predicted molar refractivity (Wildman–Crippen MR) is 98.3 cm³/mol. The summed E-state index contributed by atoms with van der Waals surface area (Å²) in [5, 5.41) is 3.59. The highest BCUT2D eigenvalue weighted by molar-refractivity contribution is 5.82. The van der Waals surface area contributed by atoms with Gasteiger partial charge in [-0.3, -0.25) is 4.79 Å². The Morgan fingerprint density at radius 2 is 1.36 bits per heavy atom. The lowest BCUT2D eigenvalue weighted by Crippen LogP contribution is -2.53. The van der Waals surface area contributed by atoms with Gasteiger partial charge in [-0.25, -0.2) is 0 Å². The number of ketones is 1. The summed E-state index contributed by atoms with van der Waals surface area (Å²) in [7, 11) is 0. The Kier molecular flexibility index (Phi) is 4.66. The van der Waals surface area contributed by atoms with Gasteiger partial charge in [-0.15, -0.1) is 0 Å². The van der Waals surface area contributed by atoms with Crippen molar-refractivity contribution in [2.45, 2.75) is 82.8 Å². The van der Waals surface area contributed by atoms with Crippen molar-refractivity contribution in [3.05, 3.63) is 0 Å². The quantitative estimate of drug-likeness (QED) is 0.841. The van der Waals surface area contributed by atoms with Crippen LogP contribution in [0.4, 0.5) is 0 Å². The molecule has 5 fully saturated rings. The van der Waals surface area contributed by atoms with Crippen molar-refractivity contribution in [3.63, 3.8) is 0 Å². The second kappa shape index (κ2) is 6.96. The summed E-state index contributed by atoms with van der Waals surface area (Å²) < 4.78 is 6.56. The highest BCUT2D eigenvalue weighted by atomic mass is 16.5. The van der Waals surface area contributed by atoms with Crippen molar-refractivity contribution < 1.29 is 9.53 Å². The predicted octanol–water partition coefficient (Wildman–Crippen LogP) is 3.96. The molecule has 0 amide bonds. The van der Waals surface area contributed by atoms with Crippen LogP contribution in [-0.2, 0) is 9.53 Å². The molecule has 3 nitrogen and oxygen atoms in total. The molecule has 25 heavy (non-hydrogen) atoms. The standard InChI is InChI=1S/C22H35NO2/c24-19(11-18-14-9-10-15(18)13-23-12-14)22-16-5-1-3-7-20(16)25-21-8-4-2-6-17(21)22/h14-18,20-23H,1-13H2. The molecule has 5 rings (SSSR count). The highest BCUT2D eigenvalue weighted by Crippen LogP contribution is 2.49. The number of rotatable bonds is 3. The van der Waals surface area contributed by atoms with Crippen LogP contribution in [0.1, 0.15) is 70.6 Å². The van der Waals surface area contributed by atoms with Crippen LogP contribution in [0.25, 0.3) is 0 Å². The summed E-state index contributed by atoms with van der Waals surface area (Å²) in [6, 6.07) is 0. The SMILES string of the molecule is O=C(CC1C2CCC1CNC2)C1C2CCCCC2OC2CCCCC21. The molecule has 0 aromatic rings. The van der Waals surface area contributed by atoms with E-state index in [1.165, 1.54) is 64.2 Å². The third-order valence-corrected chi connectivity index (χ3v) is 8.52. The molecule has 2 heterocycles. The van der Waals surface area contributed by atoms with Gasteiger partial charge in [0.1, 0.15) is 5.78 Å². The van der Waals surface area contributed by atoms with Crippen LogP contribution >= 0.6 is 0 Å². The Labute approximate surface area is 152 Å². The van der Waals surface area contributed by atoms with Crippen LogP contribution in [0.5, 0.6) is 0 Å². The lowest BCUT2D eigenvalue weighted by atomic mass is 9.62. The zero-order chi connectivity index (χ0) is 16.8. The monoisotopic (exact) mass is 345 g/mol. The number of Topliss-reactive ketones (excluding diaryl/α,β-unsaturated/α-hetero) is 1. The number of piperidine rings is 1. The van der Waals surface area contributed by atoms with Crippen LogP contribution in [0.3, 0.4) is 0 Å². The smallest absolute Gasteiger partial charge is 0.137 e. The zero-order valence-corrected chi connectivity index (χ0v) is 15.6. The second-order valence-electron chi connectivity index (χ2n) is 9.73. The third kappa shape index (κ3) is 3.00. The molecule has 0 aromatic heterocycles. The molecule has 6 atom stereocenters. The molecule has 2 saturated heterocycles. The van der Waals surface area contributed by atoms with Gasteiger partial charge in [0.2, 0.25) is 0 Å². The molecule has 1 N–H and O–H groups in total. The molecule has 5 aliphatic rings. The zero-order valence-electron chi connectivity index (χ0n) is 15.6. The molecular weight excluding hydrogens is 310 g/mol. The Bertz CT molecular complexity index is 468. The van der Waals surface area contributed by atoms with E-state index < -0.39 is 0 Å². The van der Waals surface area contributed by atoms with E-state index in [0.29, 0.717) is 41.7 Å². The Balaban J connectivity index is 1.36. The van der Waals surface area contributed by atoms with Crippen molar-refractivity contribution in [1.29, 1.82) is 0 Å². The molecule has 140 valence electrons. The number of nitrogens with one attached hydrogen (secondary N) is 1. The Morgan fingerprint density at radius 3 is 1.96 bits per heavy atom. The molecule has 2 aliphatic heterocycles. The van der Waals surface area contributed by atoms with Crippen molar-refractivity contribution in [2.24, 2.45) is 35.5 Å². The average Bonchev–Trinajstić information content (AvgIpc) is 2.86. The van der Waals surface area contributed by atoms with Crippen LogP contribution in [-0.4, -0.2) is 31.1 Å². The van der Waals surface area contributed by atoms with E-state index >= 15 is 0 Å². The second-order valence-corrected chi connectivity index (χ2v) is 9.73. The number of fused-ring (bicyclic) bond motifs is 4. The fraction of sp³-hybridized carbons (Fsp3) is 0.955. The minimum absolute atomic E-state index is 0.332. The first-order valence-corrected chi connectivity index (χ1v) is 11.2. The molecule has 2 bridgehead atoms. The van der Waals surface area contributed by atoms with Crippen LogP contribution in [0.2, 0.25) is 0 Å². The van der Waals surface area contributed by atoms with E-state index in [1.54, 1.807) is 0 Å². The molecule has 6 unspecified atom stereocenters. The molecule has 3 saturated carbocycles. The maximum atomic E-state index is 13.6. The first-order chi connectivity index (χ1) is 12.3. The summed E-state index contributed by atoms with van der Waals surface area (Å²) in [4.78, 5) is 13.6. The molecular formula is C22H35NO2. The van der Waals surface area contributed by atoms with E-state index in [0.717, 1.165) is 31.3 Å². The van der Waals surface area contributed by atoms with Gasteiger partial charge in [-0.05, 0) is 81.2 Å². The molecule has 3 heteroatoms. The van der Waals surface area contributed by atoms with Gasteiger partial charge in [0.15, 0.2) is 0 Å². The van der Waals surface area contributed by atoms with Crippen LogP contribution in [0, 0.1) is 35.5 Å². The largest absolute Gasteiger partial charge is 0.374 e. The summed E-state index contributed by atoms with van der Waals surface area (Å²) in [5.41, 5.74) is 0. The lowest BCUT2D eigenvalue weighted by molar-refractivity contribution is -0.179. The number of carbonyl (C=O) groups excluding carboxylic acids is 1. The van der Waals surface area contributed by atoms with E-state index in [2.05, 4.69) is 5.32 Å². The summed E-state index contributed by atoms with van der Waals surface area (Å²) in [5.74, 6) is 4.28. The average molecular weight is 346 g/mol. The van der Waals surface area contributed by atoms with Crippen LogP contribution in [0.15, 0.2) is 0 Å². The van der Waals surface area contributed by atoms with E-state index in [4.69, 9.17) is 4.74 Å². The third-order valence-electron chi connectivity index (χ3n) is 8.52. The number of hydrogen-bond acceptors (Lipinski definition) is 3. The molecule has 3 aliphatic carbocycles. The summed E-state index contributed by atoms with van der Waals surface area (Å²) in [6.45, 7) is 2.31. The van der Waals surface area contributed by atoms with Gasteiger partial charge in [-0.2, -0.15) is 0 Å². The Morgan fingerprint density at radius 1 is 0.800 bits per heavy atom. The topological polar surface area (TPSA) is 38.3 Å². The van der Waals surface area contributed by atoms with E-state index in [1.807, 2.05) is 0 Å². The van der Waals surface area contributed by atoms with E-state index in [9.17, 15) is 4.79 Å². The first-order valence-electron chi connectivity index (χ1n) is 11.2. The molecule has 0 radical (unpaired) electrons. The van der Waals surface area contributed by atoms with Crippen LogP contribution < -0.4 is 5.32 Å². The van der Waals surface area contributed by atoms with E-state index in [-0.39, 0.29) is 0 Å². The van der Waals surface area contributed by atoms with Gasteiger partial charge >= 0.3 is 0 Å². The minimum Gasteiger partial charge on any atom is -0.374 e. The maximum absolute atomic E-state index is 13.6. The van der Waals surface area contributed by atoms with Crippen molar-refractivity contribution >= 4 is 5.78 Å².